The molecule has 1 saturated heterocycles. The van der Waals surface area contributed by atoms with E-state index in [1.165, 1.54) is 0 Å². The quantitative estimate of drug-likeness (QED) is 0.730. The molecule has 0 unspecified atom stereocenters. The first kappa shape index (κ1) is 20.6. The third kappa shape index (κ3) is 3.38. The van der Waals surface area contributed by atoms with Crippen LogP contribution in [-0.2, 0) is 25.6 Å². The second-order valence-electron chi connectivity index (χ2n) is 9.29. The Bertz CT molecular complexity index is 1100. The fourth-order valence-corrected chi connectivity index (χ4v) is 6.45. The Morgan fingerprint density at radius 2 is 2.03 bits per heavy atom. The van der Waals surface area contributed by atoms with Gasteiger partial charge in [-0.2, -0.15) is 4.98 Å². The van der Waals surface area contributed by atoms with Crippen LogP contribution in [0.2, 0.25) is 0 Å². The van der Waals surface area contributed by atoms with Crippen molar-refractivity contribution < 1.29 is 17.7 Å². The highest BCUT2D eigenvalue weighted by molar-refractivity contribution is 7.89. The molecule has 166 valence electrons. The molecule has 31 heavy (non-hydrogen) atoms. The average Bonchev–Trinajstić information content (AvgIpc) is 3.15. The number of aryl methyl sites for hydroxylation is 1. The van der Waals surface area contributed by atoms with Crippen molar-refractivity contribution in [3.8, 4) is 0 Å². The summed E-state index contributed by atoms with van der Waals surface area (Å²) in [5, 5.41) is 3.98. The minimum Gasteiger partial charge on any atom is -0.341 e. The monoisotopic (exact) mass is 444 g/mol. The summed E-state index contributed by atoms with van der Waals surface area (Å²) in [6.07, 6.45) is 2.94. The lowest BCUT2D eigenvalue weighted by Gasteiger charge is -2.28. The summed E-state index contributed by atoms with van der Waals surface area (Å²) >= 11 is 0. The van der Waals surface area contributed by atoms with E-state index < -0.39 is 20.9 Å². The van der Waals surface area contributed by atoms with Crippen LogP contribution in [0.1, 0.15) is 49.9 Å². The zero-order chi connectivity index (χ0) is 21.9. The maximum atomic E-state index is 13.6. The van der Waals surface area contributed by atoms with Gasteiger partial charge in [0.2, 0.25) is 21.8 Å². The molecule has 2 saturated carbocycles. The first-order valence-electron chi connectivity index (χ1n) is 10.9. The topological polar surface area (TPSA) is 105 Å². The van der Waals surface area contributed by atoms with Crippen molar-refractivity contribution in [3.63, 3.8) is 0 Å². The number of benzene rings is 1. The number of amides is 1. The predicted octanol–water partition coefficient (Wildman–Crippen LogP) is 1.91. The number of likely N-dealkylation sites (tertiary alicyclic amines) is 1. The Kier molecular flexibility index (Phi) is 4.75. The number of hydrogen-bond acceptors (Lipinski definition) is 6. The van der Waals surface area contributed by atoms with Crippen molar-refractivity contribution in [3.05, 3.63) is 47.6 Å². The number of nitrogens with one attached hydrogen (secondary N) is 1. The van der Waals surface area contributed by atoms with Gasteiger partial charge in [0.15, 0.2) is 5.82 Å². The van der Waals surface area contributed by atoms with E-state index in [0.717, 1.165) is 18.4 Å². The lowest BCUT2D eigenvalue weighted by molar-refractivity contribution is -0.133. The molecule has 3 aliphatic rings. The van der Waals surface area contributed by atoms with Crippen LogP contribution in [0.5, 0.6) is 0 Å². The molecule has 3 fully saturated rings. The van der Waals surface area contributed by atoms with Gasteiger partial charge in [-0.05, 0) is 51.0 Å². The molecule has 1 aromatic heterocycles. The Balaban J connectivity index is 1.43. The highest BCUT2D eigenvalue weighted by Crippen LogP contribution is 2.54. The van der Waals surface area contributed by atoms with Gasteiger partial charge in [0.1, 0.15) is 0 Å². The zero-order valence-corrected chi connectivity index (χ0v) is 18.7. The van der Waals surface area contributed by atoms with Gasteiger partial charge in [-0.15, -0.1) is 0 Å². The van der Waals surface area contributed by atoms with Crippen LogP contribution >= 0.6 is 0 Å². The third-order valence-corrected chi connectivity index (χ3v) is 8.78. The van der Waals surface area contributed by atoms with Gasteiger partial charge in [-0.1, -0.05) is 35.5 Å². The number of aromatic nitrogens is 2. The SMILES string of the molecule is CCS(=O)(=O)N[C@@H]1C[C@H]2CN(C(=O)C3(c4ccccc4)CC3)C[C@@]2(c2nc(C)no2)C1. The molecule has 0 bridgehead atoms. The number of nitrogens with zero attached hydrogens (tertiary/aromatic N) is 3. The third-order valence-electron chi connectivity index (χ3n) is 7.33. The van der Waals surface area contributed by atoms with Gasteiger partial charge in [-0.25, -0.2) is 13.1 Å². The van der Waals surface area contributed by atoms with Crippen LogP contribution in [0.3, 0.4) is 0 Å². The molecular weight excluding hydrogens is 416 g/mol. The van der Waals surface area contributed by atoms with Gasteiger partial charge in [0, 0.05) is 19.1 Å². The molecule has 2 heterocycles. The zero-order valence-electron chi connectivity index (χ0n) is 17.9. The molecule has 8 nitrogen and oxygen atoms in total. The van der Waals surface area contributed by atoms with Crippen molar-refractivity contribution in [2.75, 3.05) is 18.8 Å². The minimum absolute atomic E-state index is 0.0467. The van der Waals surface area contributed by atoms with E-state index in [1.807, 2.05) is 35.2 Å². The minimum atomic E-state index is -3.31. The van der Waals surface area contributed by atoms with Gasteiger partial charge >= 0.3 is 0 Å². The molecular formula is C22H28N4O4S. The molecule has 1 aromatic carbocycles. The molecule has 0 radical (unpaired) electrons. The smallest absolute Gasteiger partial charge is 0.235 e. The Morgan fingerprint density at radius 3 is 2.65 bits per heavy atom. The normalized spacial score (nSPS) is 29.2. The van der Waals surface area contributed by atoms with E-state index in [1.54, 1.807) is 13.8 Å². The van der Waals surface area contributed by atoms with Crippen LogP contribution in [0.15, 0.2) is 34.9 Å². The number of carbonyl (C=O) groups excluding carboxylic acids is 1. The molecule has 5 rings (SSSR count). The average molecular weight is 445 g/mol. The van der Waals surface area contributed by atoms with Crippen LogP contribution < -0.4 is 4.72 Å². The molecule has 3 atom stereocenters. The van der Waals surface area contributed by atoms with E-state index in [9.17, 15) is 13.2 Å². The summed E-state index contributed by atoms with van der Waals surface area (Å²) in [5.41, 5.74) is 0.146. The van der Waals surface area contributed by atoms with Crippen molar-refractivity contribution in [1.82, 2.24) is 19.8 Å². The maximum Gasteiger partial charge on any atom is 0.235 e. The molecule has 2 aromatic rings. The second-order valence-corrected chi connectivity index (χ2v) is 11.3. The van der Waals surface area contributed by atoms with E-state index in [-0.39, 0.29) is 23.6 Å². The summed E-state index contributed by atoms with van der Waals surface area (Å²) < 4.78 is 32.7. The van der Waals surface area contributed by atoms with E-state index >= 15 is 0 Å². The van der Waals surface area contributed by atoms with Gasteiger partial charge in [0.05, 0.1) is 16.6 Å². The number of hydrogen-bond donors (Lipinski definition) is 1. The Morgan fingerprint density at radius 1 is 1.29 bits per heavy atom. The molecule has 1 N–H and O–H groups in total. The van der Waals surface area contributed by atoms with Crippen molar-refractivity contribution in [2.45, 2.75) is 56.4 Å². The standard InChI is InChI=1S/C22H28N4O4S/c1-3-31(28,29)25-18-11-17-13-26(14-22(17,12-18)19-23-15(2)24-30-19)20(27)21(9-10-21)16-7-5-4-6-8-16/h4-8,17-18,25H,3,9-14H2,1-2H3/t17-,18+,22-/m0/s1. The summed E-state index contributed by atoms with van der Waals surface area (Å²) in [6.45, 7) is 4.47. The maximum absolute atomic E-state index is 13.6. The summed E-state index contributed by atoms with van der Waals surface area (Å²) in [6, 6.07) is 9.81. The van der Waals surface area contributed by atoms with E-state index in [4.69, 9.17) is 4.52 Å². The van der Waals surface area contributed by atoms with E-state index in [2.05, 4.69) is 14.9 Å². The first-order valence-corrected chi connectivity index (χ1v) is 12.6. The number of rotatable bonds is 6. The fourth-order valence-electron chi connectivity index (χ4n) is 5.59. The van der Waals surface area contributed by atoms with Crippen LogP contribution in [0, 0.1) is 12.8 Å². The van der Waals surface area contributed by atoms with Gasteiger partial charge < -0.3 is 9.42 Å². The lowest BCUT2D eigenvalue weighted by atomic mass is 9.80. The van der Waals surface area contributed by atoms with Crippen molar-refractivity contribution >= 4 is 15.9 Å². The summed E-state index contributed by atoms with van der Waals surface area (Å²) in [7, 11) is -3.31. The second kappa shape index (κ2) is 7.13. The highest BCUT2D eigenvalue weighted by Gasteiger charge is 2.62. The summed E-state index contributed by atoms with van der Waals surface area (Å²) in [5.74, 6) is 1.36. The molecule has 0 spiro atoms. The summed E-state index contributed by atoms with van der Waals surface area (Å²) in [4.78, 5) is 20.1. The van der Waals surface area contributed by atoms with E-state index in [0.29, 0.717) is 37.6 Å². The van der Waals surface area contributed by atoms with Crippen molar-refractivity contribution in [1.29, 1.82) is 0 Å². The predicted molar refractivity (Wildman–Crippen MR) is 114 cm³/mol. The van der Waals surface area contributed by atoms with Crippen LogP contribution in [-0.4, -0.2) is 54.2 Å². The molecule has 9 heteroatoms. The lowest BCUT2D eigenvalue weighted by Crippen LogP contribution is -2.42. The number of sulfonamides is 1. The molecule has 1 aliphatic heterocycles. The fraction of sp³-hybridized carbons (Fsp3) is 0.591. The molecule has 2 aliphatic carbocycles. The number of carbonyl (C=O) groups is 1. The number of fused-ring (bicyclic) bond motifs is 1. The Hall–Kier alpha value is -2.26. The van der Waals surface area contributed by atoms with Gasteiger partial charge in [-0.3, -0.25) is 4.79 Å². The first-order chi connectivity index (χ1) is 14.8. The van der Waals surface area contributed by atoms with Crippen molar-refractivity contribution in [2.24, 2.45) is 5.92 Å². The molecule has 1 amide bonds. The highest BCUT2D eigenvalue weighted by atomic mass is 32.2. The van der Waals surface area contributed by atoms with Crippen LogP contribution in [0.25, 0.3) is 0 Å². The van der Waals surface area contributed by atoms with Crippen LogP contribution in [0.4, 0.5) is 0 Å². The Labute approximate surface area is 182 Å². The van der Waals surface area contributed by atoms with Gasteiger partial charge in [0.25, 0.3) is 0 Å². The largest absolute Gasteiger partial charge is 0.341 e.